The molecule has 0 N–H and O–H groups in total. The lowest BCUT2D eigenvalue weighted by atomic mass is 9.91. The first-order valence-corrected chi connectivity index (χ1v) is 12.3. The molecule has 1 aliphatic heterocycles. The van der Waals surface area contributed by atoms with E-state index < -0.39 is 52.8 Å². The van der Waals surface area contributed by atoms with Crippen molar-refractivity contribution in [2.75, 3.05) is 6.61 Å². The molecule has 0 bridgehead atoms. The molecule has 0 aromatic heterocycles. The average molecular weight is 578 g/mol. The van der Waals surface area contributed by atoms with Crippen LogP contribution in [0, 0.1) is 29.2 Å². The molecule has 0 aliphatic carbocycles. The summed E-state index contributed by atoms with van der Waals surface area (Å²) < 4.78 is 137. The summed E-state index contributed by atoms with van der Waals surface area (Å²) in [5.41, 5.74) is -0.746. The van der Waals surface area contributed by atoms with Crippen molar-refractivity contribution < 1.29 is 53.7 Å². The molecule has 40 heavy (non-hydrogen) atoms. The molecule has 216 valence electrons. The number of rotatable bonds is 8. The van der Waals surface area contributed by atoms with E-state index in [1.165, 1.54) is 0 Å². The SMILES string of the molecule is CCCC1CCC(c2ccc(-c3cc(F)c(C(F)(F)Oc4cc(F)c(OC(F)(F)F)c(F)c4)c(F)c3)cc2)OC1. The molecule has 4 rings (SSSR count). The van der Waals surface area contributed by atoms with Gasteiger partial charge in [0.15, 0.2) is 11.6 Å². The highest BCUT2D eigenvalue weighted by molar-refractivity contribution is 5.64. The van der Waals surface area contributed by atoms with E-state index in [-0.39, 0.29) is 23.8 Å². The smallest absolute Gasteiger partial charge is 0.429 e. The Balaban J connectivity index is 1.52. The van der Waals surface area contributed by atoms with E-state index >= 15 is 0 Å². The molecule has 0 radical (unpaired) electrons. The average Bonchev–Trinajstić information content (AvgIpc) is 2.86. The third-order valence-corrected chi connectivity index (χ3v) is 6.45. The molecule has 3 nitrogen and oxygen atoms in total. The fourth-order valence-electron chi connectivity index (χ4n) is 4.62. The standard InChI is InChI=1S/C28H23F9O3/c1-2-3-15-4-9-24(38-14-15)17-7-5-16(6-8-17)18-10-20(29)25(21(30)11-18)27(33,34)39-19-12-22(31)26(23(32)13-19)40-28(35,36)37/h5-8,10-13,15,24H,2-4,9,14H2,1H3. The minimum atomic E-state index is -5.47. The molecular weight excluding hydrogens is 555 g/mol. The number of halogens is 9. The molecule has 0 spiro atoms. The van der Waals surface area contributed by atoms with Gasteiger partial charge >= 0.3 is 12.5 Å². The highest BCUT2D eigenvalue weighted by atomic mass is 19.4. The van der Waals surface area contributed by atoms with E-state index in [1.807, 2.05) is 0 Å². The fourth-order valence-corrected chi connectivity index (χ4v) is 4.62. The van der Waals surface area contributed by atoms with Crippen molar-refractivity contribution in [3.63, 3.8) is 0 Å². The monoisotopic (exact) mass is 578 g/mol. The zero-order chi connectivity index (χ0) is 29.2. The summed E-state index contributed by atoms with van der Waals surface area (Å²) in [7, 11) is 0. The van der Waals surface area contributed by atoms with Gasteiger partial charge in [0.25, 0.3) is 0 Å². The third-order valence-electron chi connectivity index (χ3n) is 6.45. The van der Waals surface area contributed by atoms with Gasteiger partial charge in [-0.2, -0.15) is 8.78 Å². The quantitative estimate of drug-likeness (QED) is 0.250. The van der Waals surface area contributed by atoms with Crippen molar-refractivity contribution in [3.05, 3.63) is 82.9 Å². The number of hydrogen-bond acceptors (Lipinski definition) is 3. The summed E-state index contributed by atoms with van der Waals surface area (Å²) in [4.78, 5) is 0. The van der Waals surface area contributed by atoms with Crippen LogP contribution in [-0.4, -0.2) is 13.0 Å². The second-order valence-electron chi connectivity index (χ2n) is 9.37. The first-order chi connectivity index (χ1) is 18.8. The van der Waals surface area contributed by atoms with Crippen LogP contribution in [0.3, 0.4) is 0 Å². The molecule has 1 fully saturated rings. The van der Waals surface area contributed by atoms with Gasteiger partial charge in [0, 0.05) is 12.1 Å². The molecule has 1 heterocycles. The van der Waals surface area contributed by atoms with Crippen LogP contribution >= 0.6 is 0 Å². The molecular formula is C28H23F9O3. The van der Waals surface area contributed by atoms with Gasteiger partial charge in [-0.15, -0.1) is 13.2 Å². The largest absolute Gasteiger partial charge is 0.573 e. The molecule has 2 unspecified atom stereocenters. The Hall–Kier alpha value is -3.41. The van der Waals surface area contributed by atoms with E-state index in [9.17, 15) is 39.5 Å². The molecule has 3 aromatic carbocycles. The Morgan fingerprint density at radius 2 is 1.38 bits per heavy atom. The second-order valence-corrected chi connectivity index (χ2v) is 9.37. The lowest BCUT2D eigenvalue weighted by molar-refractivity contribution is -0.276. The first kappa shape index (κ1) is 29.6. The highest BCUT2D eigenvalue weighted by Gasteiger charge is 2.42. The number of benzene rings is 3. The molecule has 1 saturated heterocycles. The molecule has 0 saturated carbocycles. The van der Waals surface area contributed by atoms with Crippen LogP contribution in [0.15, 0.2) is 48.5 Å². The fraction of sp³-hybridized carbons (Fsp3) is 0.357. The van der Waals surface area contributed by atoms with Gasteiger partial charge in [0.1, 0.15) is 22.9 Å². The Morgan fingerprint density at radius 1 is 0.775 bits per heavy atom. The van der Waals surface area contributed by atoms with Gasteiger partial charge in [-0.3, -0.25) is 0 Å². The van der Waals surface area contributed by atoms with Crippen LogP contribution in [0.25, 0.3) is 11.1 Å². The lowest BCUT2D eigenvalue weighted by Crippen LogP contribution is -2.25. The Kier molecular flexibility index (Phi) is 8.57. The third kappa shape index (κ3) is 6.83. The minimum absolute atomic E-state index is 0.0379. The van der Waals surface area contributed by atoms with Crippen molar-refractivity contribution in [2.24, 2.45) is 5.92 Å². The lowest BCUT2D eigenvalue weighted by Gasteiger charge is -2.29. The summed E-state index contributed by atoms with van der Waals surface area (Å²) >= 11 is 0. The number of hydrogen-bond donors (Lipinski definition) is 0. The van der Waals surface area contributed by atoms with Gasteiger partial charge < -0.3 is 14.2 Å². The zero-order valence-corrected chi connectivity index (χ0v) is 20.9. The maximum absolute atomic E-state index is 14.8. The molecule has 0 amide bonds. The summed E-state index contributed by atoms with van der Waals surface area (Å²) in [6, 6.07) is 7.77. The normalized spacial score (nSPS) is 18.1. The predicted molar refractivity (Wildman–Crippen MR) is 126 cm³/mol. The van der Waals surface area contributed by atoms with Gasteiger partial charge in [0.2, 0.25) is 5.75 Å². The summed E-state index contributed by atoms with van der Waals surface area (Å²) in [5, 5.41) is 0. The van der Waals surface area contributed by atoms with Crippen molar-refractivity contribution in [1.82, 2.24) is 0 Å². The predicted octanol–water partition coefficient (Wildman–Crippen LogP) is 9.20. The van der Waals surface area contributed by atoms with Crippen LogP contribution in [0.2, 0.25) is 0 Å². The van der Waals surface area contributed by atoms with Gasteiger partial charge in [-0.1, -0.05) is 37.6 Å². The molecule has 12 heteroatoms. The van der Waals surface area contributed by atoms with Crippen LogP contribution < -0.4 is 9.47 Å². The van der Waals surface area contributed by atoms with Gasteiger partial charge in [-0.25, -0.2) is 17.6 Å². The van der Waals surface area contributed by atoms with Crippen LogP contribution in [0.4, 0.5) is 39.5 Å². The summed E-state index contributed by atoms with van der Waals surface area (Å²) in [6.45, 7) is 2.75. The van der Waals surface area contributed by atoms with E-state index in [4.69, 9.17) is 4.74 Å². The first-order valence-electron chi connectivity index (χ1n) is 12.3. The second kappa shape index (κ2) is 11.6. The Bertz CT molecular complexity index is 1290. The maximum atomic E-state index is 14.8. The van der Waals surface area contributed by atoms with Crippen LogP contribution in [0.1, 0.15) is 49.8 Å². The Morgan fingerprint density at radius 3 is 1.88 bits per heavy atom. The van der Waals surface area contributed by atoms with Gasteiger partial charge in [-0.05, 0) is 54.0 Å². The number of ether oxygens (including phenoxy) is 3. The van der Waals surface area contributed by atoms with Gasteiger partial charge in [0.05, 0.1) is 12.7 Å². The van der Waals surface area contributed by atoms with Crippen molar-refractivity contribution in [2.45, 2.75) is 51.2 Å². The maximum Gasteiger partial charge on any atom is 0.573 e. The minimum Gasteiger partial charge on any atom is -0.429 e. The van der Waals surface area contributed by atoms with Crippen molar-refractivity contribution in [3.8, 4) is 22.6 Å². The Labute approximate surface area is 223 Å². The van der Waals surface area contributed by atoms with Crippen molar-refractivity contribution in [1.29, 1.82) is 0 Å². The van der Waals surface area contributed by atoms with Crippen LogP contribution in [-0.2, 0) is 10.8 Å². The molecule has 2 atom stereocenters. The summed E-state index contributed by atoms with van der Waals surface area (Å²) in [5.74, 6) is -10.2. The molecule has 1 aliphatic rings. The molecule has 3 aromatic rings. The van der Waals surface area contributed by atoms with E-state index in [1.54, 1.807) is 24.3 Å². The van der Waals surface area contributed by atoms with E-state index in [2.05, 4.69) is 16.4 Å². The zero-order valence-electron chi connectivity index (χ0n) is 20.9. The number of alkyl halides is 5. The van der Waals surface area contributed by atoms with E-state index in [0.717, 1.165) is 31.2 Å². The van der Waals surface area contributed by atoms with Crippen molar-refractivity contribution >= 4 is 0 Å². The van der Waals surface area contributed by atoms with E-state index in [0.29, 0.717) is 30.2 Å². The highest BCUT2D eigenvalue weighted by Crippen LogP contribution is 2.40. The van der Waals surface area contributed by atoms with Crippen LogP contribution in [0.5, 0.6) is 11.5 Å². The summed E-state index contributed by atoms with van der Waals surface area (Å²) in [6.07, 6.45) is -6.40. The topological polar surface area (TPSA) is 27.7 Å².